The summed E-state index contributed by atoms with van der Waals surface area (Å²) in [6.07, 6.45) is 5.02. The molecule has 1 amide bonds. The summed E-state index contributed by atoms with van der Waals surface area (Å²) in [5, 5.41) is 0. The number of carbonyl (C=O) groups is 1. The van der Waals surface area contributed by atoms with Crippen molar-refractivity contribution >= 4 is 5.91 Å². The molecule has 1 saturated carbocycles. The van der Waals surface area contributed by atoms with Crippen LogP contribution in [0.25, 0.3) is 0 Å². The van der Waals surface area contributed by atoms with Gasteiger partial charge >= 0.3 is 0 Å². The van der Waals surface area contributed by atoms with Gasteiger partial charge in [0.2, 0.25) is 5.91 Å². The van der Waals surface area contributed by atoms with E-state index in [2.05, 4.69) is 5.48 Å². The fourth-order valence-corrected chi connectivity index (χ4v) is 1.64. The van der Waals surface area contributed by atoms with E-state index < -0.39 is 0 Å². The second-order valence-electron chi connectivity index (χ2n) is 4.44. The Labute approximate surface area is 91.9 Å². The predicted molar refractivity (Wildman–Crippen MR) is 59.2 cm³/mol. The minimum atomic E-state index is 0.0722. The van der Waals surface area contributed by atoms with Crippen molar-refractivity contribution < 1.29 is 9.63 Å². The number of nitrogens with one attached hydrogen (secondary N) is 1. The van der Waals surface area contributed by atoms with Gasteiger partial charge in [-0.1, -0.05) is 12.8 Å². The van der Waals surface area contributed by atoms with Gasteiger partial charge in [0.15, 0.2) is 0 Å². The van der Waals surface area contributed by atoms with Gasteiger partial charge in [0.05, 0.1) is 6.10 Å². The molecule has 0 aromatic heterocycles. The van der Waals surface area contributed by atoms with Crippen molar-refractivity contribution in [3.63, 3.8) is 0 Å². The molecule has 0 aromatic carbocycles. The van der Waals surface area contributed by atoms with Crippen LogP contribution in [0.2, 0.25) is 0 Å². The molecule has 0 aliphatic heterocycles. The van der Waals surface area contributed by atoms with Gasteiger partial charge in [0.1, 0.15) is 6.54 Å². The number of amides is 1. The average molecular weight is 214 g/mol. The molecule has 4 nitrogen and oxygen atoms in total. The Morgan fingerprint density at radius 2 is 2.07 bits per heavy atom. The Kier molecular flexibility index (Phi) is 5.05. The van der Waals surface area contributed by atoms with Crippen LogP contribution in [0.5, 0.6) is 0 Å². The number of hydrogen-bond acceptors (Lipinski definition) is 3. The molecule has 88 valence electrons. The SMILES string of the molecule is CC(C)N(C)C(=O)CNOC1CCCC1. The summed E-state index contributed by atoms with van der Waals surface area (Å²) in [4.78, 5) is 18.7. The lowest BCUT2D eigenvalue weighted by molar-refractivity contribution is -0.134. The maximum Gasteiger partial charge on any atom is 0.238 e. The Balaban J connectivity index is 2.11. The molecule has 0 unspecified atom stereocenters. The summed E-state index contributed by atoms with van der Waals surface area (Å²) in [5.74, 6) is 0.0722. The van der Waals surface area contributed by atoms with Crippen molar-refractivity contribution in [3.8, 4) is 0 Å². The molecule has 0 bridgehead atoms. The molecular weight excluding hydrogens is 192 g/mol. The van der Waals surface area contributed by atoms with E-state index >= 15 is 0 Å². The maximum atomic E-state index is 11.5. The molecule has 1 aliphatic carbocycles. The van der Waals surface area contributed by atoms with Crippen molar-refractivity contribution in [1.82, 2.24) is 10.4 Å². The molecule has 4 heteroatoms. The first kappa shape index (κ1) is 12.5. The van der Waals surface area contributed by atoms with Gasteiger partial charge in [-0.05, 0) is 26.7 Å². The van der Waals surface area contributed by atoms with E-state index in [9.17, 15) is 4.79 Å². The van der Waals surface area contributed by atoms with Crippen molar-refractivity contribution in [1.29, 1.82) is 0 Å². The molecule has 0 spiro atoms. The third-order valence-electron chi connectivity index (χ3n) is 2.94. The first-order valence-corrected chi connectivity index (χ1v) is 5.75. The van der Waals surface area contributed by atoms with E-state index in [0.29, 0.717) is 6.10 Å². The predicted octanol–water partition coefficient (Wildman–Crippen LogP) is 1.32. The van der Waals surface area contributed by atoms with Crippen molar-refractivity contribution in [3.05, 3.63) is 0 Å². The molecule has 0 saturated heterocycles. The standard InChI is InChI=1S/C11H22N2O2/c1-9(2)13(3)11(14)8-12-15-10-6-4-5-7-10/h9-10,12H,4-8H2,1-3H3. The van der Waals surface area contributed by atoms with Crippen molar-refractivity contribution in [2.45, 2.75) is 51.7 Å². The molecular formula is C11H22N2O2. The van der Waals surface area contributed by atoms with Crippen LogP contribution in [0.4, 0.5) is 0 Å². The lowest BCUT2D eigenvalue weighted by Crippen LogP contribution is -2.40. The normalized spacial score (nSPS) is 17.3. The third kappa shape index (κ3) is 4.18. The van der Waals surface area contributed by atoms with Gasteiger partial charge in [-0.25, -0.2) is 0 Å². The Hall–Kier alpha value is -0.610. The number of rotatable bonds is 5. The highest BCUT2D eigenvalue weighted by Crippen LogP contribution is 2.19. The van der Waals surface area contributed by atoms with Crippen LogP contribution in [0.1, 0.15) is 39.5 Å². The van der Waals surface area contributed by atoms with Crippen LogP contribution in [0, 0.1) is 0 Å². The van der Waals surface area contributed by atoms with Crippen LogP contribution >= 0.6 is 0 Å². The summed E-state index contributed by atoms with van der Waals surface area (Å²) >= 11 is 0. The van der Waals surface area contributed by atoms with Crippen LogP contribution in [0.15, 0.2) is 0 Å². The lowest BCUT2D eigenvalue weighted by atomic mass is 10.3. The smallest absolute Gasteiger partial charge is 0.238 e. The summed E-state index contributed by atoms with van der Waals surface area (Å²) in [5.41, 5.74) is 2.77. The highest BCUT2D eigenvalue weighted by Gasteiger charge is 2.17. The second kappa shape index (κ2) is 6.08. The second-order valence-corrected chi connectivity index (χ2v) is 4.44. The largest absolute Gasteiger partial charge is 0.342 e. The Bertz CT molecular complexity index is 201. The zero-order valence-electron chi connectivity index (χ0n) is 9.95. The molecule has 0 radical (unpaired) electrons. The van der Waals surface area contributed by atoms with Gasteiger partial charge in [-0.2, -0.15) is 5.48 Å². The van der Waals surface area contributed by atoms with E-state index in [4.69, 9.17) is 4.84 Å². The van der Waals surface area contributed by atoms with Crippen LogP contribution in [0.3, 0.4) is 0 Å². The molecule has 0 aromatic rings. The van der Waals surface area contributed by atoms with E-state index in [1.807, 2.05) is 20.9 Å². The average Bonchev–Trinajstić information content (AvgIpc) is 2.69. The molecule has 0 heterocycles. The number of carbonyl (C=O) groups excluding carboxylic acids is 1. The zero-order chi connectivity index (χ0) is 11.3. The van der Waals surface area contributed by atoms with E-state index in [1.54, 1.807) is 4.90 Å². The topological polar surface area (TPSA) is 41.6 Å². The van der Waals surface area contributed by atoms with Crippen molar-refractivity contribution in [2.24, 2.45) is 0 Å². The molecule has 1 aliphatic rings. The molecule has 15 heavy (non-hydrogen) atoms. The highest BCUT2D eigenvalue weighted by molar-refractivity contribution is 5.78. The third-order valence-corrected chi connectivity index (χ3v) is 2.94. The van der Waals surface area contributed by atoms with E-state index in [1.165, 1.54) is 12.8 Å². The minimum absolute atomic E-state index is 0.0722. The zero-order valence-corrected chi connectivity index (χ0v) is 9.95. The van der Waals surface area contributed by atoms with Gasteiger partial charge in [0, 0.05) is 13.1 Å². The molecule has 1 fully saturated rings. The van der Waals surface area contributed by atoms with E-state index in [0.717, 1.165) is 12.8 Å². The van der Waals surface area contributed by atoms with Gasteiger partial charge in [-0.15, -0.1) is 0 Å². The first-order valence-electron chi connectivity index (χ1n) is 5.75. The van der Waals surface area contributed by atoms with E-state index in [-0.39, 0.29) is 18.5 Å². The molecule has 1 N–H and O–H groups in total. The fraction of sp³-hybridized carbons (Fsp3) is 0.909. The van der Waals surface area contributed by atoms with Crippen LogP contribution < -0.4 is 5.48 Å². The van der Waals surface area contributed by atoms with Crippen molar-refractivity contribution in [2.75, 3.05) is 13.6 Å². The Morgan fingerprint density at radius 3 is 2.60 bits per heavy atom. The number of hydrogen-bond donors (Lipinski definition) is 1. The fourth-order valence-electron chi connectivity index (χ4n) is 1.64. The maximum absolute atomic E-state index is 11.5. The summed E-state index contributed by atoms with van der Waals surface area (Å²) in [6.45, 7) is 4.26. The van der Waals surface area contributed by atoms with Crippen LogP contribution in [-0.4, -0.2) is 36.5 Å². The van der Waals surface area contributed by atoms with Gasteiger partial charge < -0.3 is 4.90 Å². The van der Waals surface area contributed by atoms with Gasteiger partial charge in [-0.3, -0.25) is 9.63 Å². The first-order chi connectivity index (χ1) is 7.11. The van der Waals surface area contributed by atoms with Crippen LogP contribution in [-0.2, 0) is 9.63 Å². The summed E-state index contributed by atoms with van der Waals surface area (Å²) in [6, 6.07) is 0.241. The quantitative estimate of drug-likeness (QED) is 0.702. The number of nitrogens with zero attached hydrogens (tertiary/aromatic N) is 1. The number of hydroxylamine groups is 1. The molecule has 1 rings (SSSR count). The Morgan fingerprint density at radius 1 is 1.47 bits per heavy atom. The lowest BCUT2D eigenvalue weighted by Gasteiger charge is -2.22. The summed E-state index contributed by atoms with van der Waals surface area (Å²) < 4.78 is 0. The highest BCUT2D eigenvalue weighted by atomic mass is 16.7. The number of likely N-dealkylation sites (N-methyl/N-ethyl adjacent to an activating group) is 1. The molecule has 0 atom stereocenters. The minimum Gasteiger partial charge on any atom is -0.342 e. The van der Waals surface area contributed by atoms with Gasteiger partial charge in [0.25, 0.3) is 0 Å². The summed E-state index contributed by atoms with van der Waals surface area (Å²) in [7, 11) is 1.81. The monoisotopic (exact) mass is 214 g/mol.